The number of aliphatic hydroxyl groups excluding tert-OH is 1. The number of fused-ring (bicyclic) bond motifs is 2. The minimum absolute atomic E-state index is 0.167. The molecule has 0 radical (unpaired) electrons. The minimum Gasteiger partial charge on any atom is -0.370 e. The maximum absolute atomic E-state index is 11.2. The molecule has 0 bridgehead atoms. The SMILES string of the molecule is Cc1cc2n(n1)C(O)[C@H](n1nnc3ccccc31)[C@@H](c1ccccc1)N2. The van der Waals surface area contributed by atoms with Gasteiger partial charge in [-0.15, -0.1) is 5.10 Å². The molecule has 1 unspecified atom stereocenters. The van der Waals surface area contributed by atoms with Gasteiger partial charge in [-0.25, -0.2) is 9.36 Å². The van der Waals surface area contributed by atoms with Gasteiger partial charge in [-0.2, -0.15) is 5.10 Å². The van der Waals surface area contributed by atoms with Crippen molar-refractivity contribution in [3.63, 3.8) is 0 Å². The number of aliphatic hydroxyl groups is 1. The van der Waals surface area contributed by atoms with Crippen molar-refractivity contribution in [2.24, 2.45) is 0 Å². The average Bonchev–Trinajstić information content (AvgIpc) is 3.25. The molecule has 3 heterocycles. The monoisotopic (exact) mass is 346 g/mol. The summed E-state index contributed by atoms with van der Waals surface area (Å²) in [6.07, 6.45) is -0.865. The molecule has 0 saturated carbocycles. The van der Waals surface area contributed by atoms with Crippen LogP contribution in [0.15, 0.2) is 60.7 Å². The Labute approximate surface area is 149 Å². The first-order chi connectivity index (χ1) is 12.7. The lowest BCUT2D eigenvalue weighted by molar-refractivity contribution is 0.0155. The van der Waals surface area contributed by atoms with Crippen LogP contribution >= 0.6 is 0 Å². The van der Waals surface area contributed by atoms with Crippen molar-refractivity contribution in [3.8, 4) is 0 Å². The second-order valence-corrected chi connectivity index (χ2v) is 6.58. The molecular formula is C19H18N6O. The lowest BCUT2D eigenvalue weighted by Gasteiger charge is -2.37. The topological polar surface area (TPSA) is 80.8 Å². The van der Waals surface area contributed by atoms with Gasteiger partial charge < -0.3 is 10.4 Å². The number of benzene rings is 2. The number of hydrogen-bond acceptors (Lipinski definition) is 5. The van der Waals surface area contributed by atoms with Gasteiger partial charge in [0, 0.05) is 6.07 Å². The first-order valence-electron chi connectivity index (χ1n) is 8.58. The van der Waals surface area contributed by atoms with Crippen molar-refractivity contribution < 1.29 is 5.11 Å². The quantitative estimate of drug-likeness (QED) is 0.583. The molecule has 1 aliphatic heterocycles. The average molecular weight is 346 g/mol. The Morgan fingerprint density at radius 3 is 2.62 bits per heavy atom. The zero-order valence-corrected chi connectivity index (χ0v) is 14.2. The number of aryl methyl sites for hydroxylation is 1. The Bertz CT molecular complexity index is 1070. The van der Waals surface area contributed by atoms with E-state index in [4.69, 9.17) is 0 Å². The summed E-state index contributed by atoms with van der Waals surface area (Å²) in [7, 11) is 0. The van der Waals surface area contributed by atoms with Gasteiger partial charge in [0.25, 0.3) is 0 Å². The number of nitrogens with one attached hydrogen (secondary N) is 1. The first-order valence-corrected chi connectivity index (χ1v) is 8.58. The van der Waals surface area contributed by atoms with Gasteiger partial charge in [-0.05, 0) is 24.6 Å². The molecule has 0 saturated heterocycles. The third-order valence-corrected chi connectivity index (χ3v) is 4.88. The number of anilines is 1. The molecule has 4 aromatic rings. The molecule has 2 aromatic carbocycles. The van der Waals surface area contributed by atoms with Crippen LogP contribution in [0.4, 0.5) is 5.82 Å². The predicted octanol–water partition coefficient (Wildman–Crippen LogP) is 2.84. The maximum Gasteiger partial charge on any atom is 0.174 e. The van der Waals surface area contributed by atoms with E-state index in [0.717, 1.165) is 28.1 Å². The van der Waals surface area contributed by atoms with E-state index in [1.165, 1.54) is 0 Å². The molecule has 7 nitrogen and oxygen atoms in total. The summed E-state index contributed by atoms with van der Waals surface area (Å²) in [6, 6.07) is 19.2. The number of nitrogens with zero attached hydrogens (tertiary/aromatic N) is 5. The van der Waals surface area contributed by atoms with Crippen LogP contribution < -0.4 is 5.32 Å². The summed E-state index contributed by atoms with van der Waals surface area (Å²) in [6.45, 7) is 1.91. The molecule has 1 aliphatic rings. The Morgan fingerprint density at radius 2 is 1.77 bits per heavy atom. The van der Waals surface area contributed by atoms with Gasteiger partial charge in [-0.3, -0.25) is 0 Å². The van der Waals surface area contributed by atoms with Crippen LogP contribution in [0.1, 0.15) is 29.6 Å². The normalized spacial score (nSPS) is 22.2. The zero-order valence-electron chi connectivity index (χ0n) is 14.2. The fourth-order valence-electron chi connectivity index (χ4n) is 3.70. The fraction of sp³-hybridized carbons (Fsp3) is 0.211. The van der Waals surface area contributed by atoms with Crippen molar-refractivity contribution in [1.82, 2.24) is 24.8 Å². The second kappa shape index (κ2) is 5.67. The standard InChI is InChI=1S/C19H18N6O/c1-12-11-16-20-17(13-7-3-2-4-8-13)18(19(26)25(16)22-12)24-15-10-6-5-9-14(15)21-23-24/h2-11,17-20,26H,1H3/t17-,18-,19?/m1/s1. The van der Waals surface area contributed by atoms with Gasteiger partial charge in [0.1, 0.15) is 17.4 Å². The van der Waals surface area contributed by atoms with Crippen LogP contribution in [0.2, 0.25) is 0 Å². The summed E-state index contributed by atoms with van der Waals surface area (Å²) < 4.78 is 3.42. The van der Waals surface area contributed by atoms with Gasteiger partial charge in [0.2, 0.25) is 0 Å². The largest absolute Gasteiger partial charge is 0.370 e. The number of para-hydroxylation sites is 1. The van der Waals surface area contributed by atoms with Crippen LogP contribution in [-0.4, -0.2) is 29.9 Å². The van der Waals surface area contributed by atoms with Crippen LogP contribution in [0.3, 0.4) is 0 Å². The Kier molecular flexibility index (Phi) is 3.29. The van der Waals surface area contributed by atoms with E-state index < -0.39 is 12.3 Å². The Balaban J connectivity index is 1.71. The highest BCUT2D eigenvalue weighted by Gasteiger charge is 2.40. The van der Waals surface area contributed by atoms with Crippen LogP contribution in [0.5, 0.6) is 0 Å². The van der Waals surface area contributed by atoms with E-state index in [0.29, 0.717) is 0 Å². The van der Waals surface area contributed by atoms with Crippen molar-refractivity contribution in [1.29, 1.82) is 0 Å². The summed E-state index contributed by atoms with van der Waals surface area (Å²) >= 11 is 0. The molecule has 7 heteroatoms. The van der Waals surface area contributed by atoms with E-state index in [1.54, 1.807) is 9.36 Å². The van der Waals surface area contributed by atoms with Crippen LogP contribution in [0.25, 0.3) is 11.0 Å². The molecule has 0 amide bonds. The zero-order chi connectivity index (χ0) is 17.7. The van der Waals surface area contributed by atoms with E-state index in [9.17, 15) is 5.11 Å². The van der Waals surface area contributed by atoms with E-state index in [-0.39, 0.29) is 6.04 Å². The number of hydrogen-bond donors (Lipinski definition) is 2. The van der Waals surface area contributed by atoms with Gasteiger partial charge in [0.15, 0.2) is 6.23 Å². The van der Waals surface area contributed by atoms with Crippen molar-refractivity contribution in [2.75, 3.05) is 5.32 Å². The highest BCUT2D eigenvalue weighted by Crippen LogP contribution is 2.42. The molecule has 3 atom stereocenters. The molecule has 2 N–H and O–H groups in total. The molecule has 2 aromatic heterocycles. The predicted molar refractivity (Wildman–Crippen MR) is 97.6 cm³/mol. The molecule has 0 fully saturated rings. The third kappa shape index (κ3) is 2.21. The molecule has 0 aliphatic carbocycles. The van der Waals surface area contributed by atoms with Crippen molar-refractivity contribution >= 4 is 16.9 Å². The van der Waals surface area contributed by atoms with Gasteiger partial charge in [0.05, 0.1) is 17.3 Å². The highest BCUT2D eigenvalue weighted by molar-refractivity contribution is 5.74. The second-order valence-electron chi connectivity index (χ2n) is 6.58. The summed E-state index contributed by atoms with van der Waals surface area (Å²) in [5.74, 6) is 0.796. The van der Waals surface area contributed by atoms with Crippen molar-refractivity contribution in [3.05, 3.63) is 71.9 Å². The van der Waals surface area contributed by atoms with Crippen LogP contribution in [0, 0.1) is 6.92 Å². The van der Waals surface area contributed by atoms with Crippen molar-refractivity contribution in [2.45, 2.75) is 25.2 Å². The lowest BCUT2D eigenvalue weighted by atomic mass is 9.96. The molecule has 130 valence electrons. The summed E-state index contributed by atoms with van der Waals surface area (Å²) in [5, 5.41) is 27.7. The first kappa shape index (κ1) is 15.1. The fourth-order valence-corrected chi connectivity index (χ4v) is 3.70. The highest BCUT2D eigenvalue weighted by atomic mass is 16.3. The van der Waals surface area contributed by atoms with E-state index in [2.05, 4.69) is 32.9 Å². The van der Waals surface area contributed by atoms with Gasteiger partial charge >= 0.3 is 0 Å². The minimum atomic E-state index is -0.865. The Morgan fingerprint density at radius 1 is 1.00 bits per heavy atom. The third-order valence-electron chi connectivity index (χ3n) is 4.88. The number of rotatable bonds is 2. The number of aromatic nitrogens is 5. The molecular weight excluding hydrogens is 328 g/mol. The lowest BCUT2D eigenvalue weighted by Crippen LogP contribution is -2.38. The maximum atomic E-state index is 11.2. The van der Waals surface area contributed by atoms with Gasteiger partial charge in [-0.1, -0.05) is 47.7 Å². The molecule has 5 rings (SSSR count). The molecule has 0 spiro atoms. The van der Waals surface area contributed by atoms with E-state index >= 15 is 0 Å². The van der Waals surface area contributed by atoms with E-state index in [1.807, 2.05) is 55.5 Å². The summed E-state index contributed by atoms with van der Waals surface area (Å²) in [4.78, 5) is 0. The molecule has 26 heavy (non-hydrogen) atoms. The summed E-state index contributed by atoms with van der Waals surface area (Å²) in [5.41, 5.74) is 3.60. The van der Waals surface area contributed by atoms with Crippen LogP contribution in [-0.2, 0) is 0 Å². The smallest absolute Gasteiger partial charge is 0.174 e. The Hall–Kier alpha value is -3.19.